The number of nitrogens with zero attached hydrogens (tertiary/aromatic N) is 1. The van der Waals surface area contributed by atoms with Gasteiger partial charge < -0.3 is 10.2 Å². The van der Waals surface area contributed by atoms with Crippen LogP contribution in [0.1, 0.15) is 38.3 Å². The summed E-state index contributed by atoms with van der Waals surface area (Å²) in [6, 6.07) is 14.9. The van der Waals surface area contributed by atoms with Gasteiger partial charge in [-0.2, -0.15) is 0 Å². The number of imide groups is 1. The summed E-state index contributed by atoms with van der Waals surface area (Å²) in [7, 11) is 4.20. The first-order chi connectivity index (χ1) is 13.0. The number of carbonyl (C=O) groups is 3. The molecule has 0 bridgehead atoms. The quantitative estimate of drug-likeness (QED) is 0.707. The molecule has 6 heteroatoms. The van der Waals surface area contributed by atoms with Crippen LogP contribution in [0.15, 0.2) is 48.5 Å². The molecule has 0 atom stereocenters. The highest BCUT2D eigenvalue weighted by Crippen LogP contribution is 2.22. The van der Waals surface area contributed by atoms with Gasteiger partial charge in [-0.1, -0.05) is 36.4 Å². The van der Waals surface area contributed by atoms with E-state index in [0.717, 1.165) is 17.0 Å². The SMILES string of the molecule is C[NH+](C)Cc1ccc(CNC(=O)CCN2C(=O)c3ccccc3C2=O)cc1. The third kappa shape index (κ3) is 4.41. The van der Waals surface area contributed by atoms with Crippen molar-refractivity contribution in [3.05, 3.63) is 70.8 Å². The van der Waals surface area contributed by atoms with E-state index in [1.807, 2.05) is 12.1 Å². The van der Waals surface area contributed by atoms with E-state index in [1.54, 1.807) is 24.3 Å². The lowest BCUT2D eigenvalue weighted by molar-refractivity contribution is -0.872. The zero-order chi connectivity index (χ0) is 19.4. The molecule has 27 heavy (non-hydrogen) atoms. The molecule has 6 nitrogen and oxygen atoms in total. The molecule has 0 aromatic heterocycles. The molecule has 3 rings (SSSR count). The maximum absolute atomic E-state index is 12.3. The number of hydrogen-bond acceptors (Lipinski definition) is 3. The van der Waals surface area contributed by atoms with Crippen molar-refractivity contribution in [1.82, 2.24) is 10.2 Å². The minimum atomic E-state index is -0.331. The molecule has 0 aliphatic carbocycles. The van der Waals surface area contributed by atoms with Gasteiger partial charge in [-0.05, 0) is 17.7 Å². The molecule has 1 aliphatic rings. The number of quaternary nitrogens is 1. The highest BCUT2D eigenvalue weighted by molar-refractivity contribution is 6.21. The molecule has 0 radical (unpaired) electrons. The first-order valence-corrected chi connectivity index (χ1v) is 9.04. The molecule has 2 N–H and O–H groups in total. The van der Waals surface area contributed by atoms with E-state index in [0.29, 0.717) is 17.7 Å². The van der Waals surface area contributed by atoms with Gasteiger partial charge in [0.05, 0.1) is 25.2 Å². The molecule has 0 unspecified atom stereocenters. The minimum absolute atomic E-state index is 0.0860. The summed E-state index contributed by atoms with van der Waals surface area (Å²) in [5, 5.41) is 2.84. The summed E-state index contributed by atoms with van der Waals surface area (Å²) in [6.07, 6.45) is 0.0908. The molecule has 140 valence electrons. The van der Waals surface area contributed by atoms with E-state index in [9.17, 15) is 14.4 Å². The highest BCUT2D eigenvalue weighted by atomic mass is 16.2. The molecule has 3 amide bonds. The summed E-state index contributed by atoms with van der Waals surface area (Å²) in [4.78, 5) is 39.2. The van der Waals surface area contributed by atoms with Gasteiger partial charge in [-0.25, -0.2) is 0 Å². The van der Waals surface area contributed by atoms with E-state index < -0.39 is 0 Å². The zero-order valence-electron chi connectivity index (χ0n) is 15.6. The Bertz CT molecular complexity index is 824. The number of amides is 3. The number of rotatable bonds is 7. The Kier molecular flexibility index (Phi) is 5.66. The molecule has 0 saturated carbocycles. The lowest BCUT2D eigenvalue weighted by Crippen LogP contribution is -3.04. The maximum atomic E-state index is 12.3. The van der Waals surface area contributed by atoms with Crippen molar-refractivity contribution >= 4 is 17.7 Å². The largest absolute Gasteiger partial charge is 0.352 e. The van der Waals surface area contributed by atoms with Crippen molar-refractivity contribution in [3.63, 3.8) is 0 Å². The first-order valence-electron chi connectivity index (χ1n) is 9.04. The second kappa shape index (κ2) is 8.14. The molecule has 0 saturated heterocycles. The normalized spacial score (nSPS) is 13.2. The fourth-order valence-electron chi connectivity index (χ4n) is 3.13. The van der Waals surface area contributed by atoms with E-state index >= 15 is 0 Å². The Morgan fingerprint density at radius 3 is 2.04 bits per heavy atom. The lowest BCUT2D eigenvalue weighted by atomic mass is 10.1. The molecule has 2 aromatic rings. The van der Waals surface area contributed by atoms with E-state index in [1.165, 1.54) is 10.5 Å². The summed E-state index contributed by atoms with van der Waals surface area (Å²) < 4.78 is 0. The van der Waals surface area contributed by atoms with Crippen molar-refractivity contribution in [2.24, 2.45) is 0 Å². The Morgan fingerprint density at radius 1 is 0.926 bits per heavy atom. The third-order valence-electron chi connectivity index (χ3n) is 4.51. The Labute approximate surface area is 158 Å². The van der Waals surface area contributed by atoms with Crippen LogP contribution in [0.25, 0.3) is 0 Å². The Balaban J connectivity index is 1.48. The van der Waals surface area contributed by atoms with Crippen LogP contribution < -0.4 is 10.2 Å². The van der Waals surface area contributed by atoms with Gasteiger partial charge in [0, 0.05) is 25.1 Å². The van der Waals surface area contributed by atoms with Crippen molar-refractivity contribution in [3.8, 4) is 0 Å². The minimum Gasteiger partial charge on any atom is -0.352 e. The topological polar surface area (TPSA) is 70.9 Å². The van der Waals surface area contributed by atoms with Crippen LogP contribution in [0.2, 0.25) is 0 Å². The van der Waals surface area contributed by atoms with E-state index in [4.69, 9.17) is 0 Å². The zero-order valence-corrected chi connectivity index (χ0v) is 15.6. The van der Waals surface area contributed by atoms with Crippen molar-refractivity contribution in [1.29, 1.82) is 0 Å². The van der Waals surface area contributed by atoms with Gasteiger partial charge >= 0.3 is 0 Å². The molecule has 0 spiro atoms. The molecular weight excluding hydrogens is 342 g/mol. The number of carbonyl (C=O) groups excluding carboxylic acids is 3. The van der Waals surface area contributed by atoms with Crippen molar-refractivity contribution < 1.29 is 19.3 Å². The summed E-state index contributed by atoms with van der Waals surface area (Å²) in [6.45, 7) is 1.46. The maximum Gasteiger partial charge on any atom is 0.261 e. The van der Waals surface area contributed by atoms with Crippen LogP contribution >= 0.6 is 0 Å². The van der Waals surface area contributed by atoms with Crippen molar-refractivity contribution in [2.45, 2.75) is 19.5 Å². The summed E-state index contributed by atoms with van der Waals surface area (Å²) in [5.41, 5.74) is 3.07. The van der Waals surface area contributed by atoms with E-state index in [-0.39, 0.29) is 30.7 Å². The van der Waals surface area contributed by atoms with Gasteiger partial charge in [0.1, 0.15) is 6.54 Å². The first kappa shape index (κ1) is 18.8. The van der Waals surface area contributed by atoms with Crippen LogP contribution in [0.3, 0.4) is 0 Å². The number of benzene rings is 2. The molecule has 0 fully saturated rings. The number of hydrogen-bond donors (Lipinski definition) is 2. The van der Waals surface area contributed by atoms with Gasteiger partial charge in [0.25, 0.3) is 11.8 Å². The summed E-state index contributed by atoms with van der Waals surface area (Å²) >= 11 is 0. The number of nitrogens with one attached hydrogen (secondary N) is 2. The molecule has 1 heterocycles. The van der Waals surface area contributed by atoms with Crippen LogP contribution in [-0.2, 0) is 17.9 Å². The second-order valence-electron chi connectivity index (χ2n) is 7.03. The molecular formula is C21H24N3O3+. The predicted molar refractivity (Wildman–Crippen MR) is 101 cm³/mol. The average Bonchev–Trinajstić information content (AvgIpc) is 2.90. The smallest absolute Gasteiger partial charge is 0.261 e. The van der Waals surface area contributed by atoms with Crippen LogP contribution in [0, 0.1) is 0 Å². The van der Waals surface area contributed by atoms with Gasteiger partial charge in [-0.15, -0.1) is 0 Å². The van der Waals surface area contributed by atoms with E-state index in [2.05, 4.69) is 31.5 Å². The van der Waals surface area contributed by atoms with Crippen LogP contribution in [-0.4, -0.2) is 43.3 Å². The molecule has 1 aliphatic heterocycles. The molecule has 2 aromatic carbocycles. The highest BCUT2D eigenvalue weighted by Gasteiger charge is 2.34. The lowest BCUT2D eigenvalue weighted by Gasteiger charge is -2.13. The second-order valence-corrected chi connectivity index (χ2v) is 7.03. The monoisotopic (exact) mass is 366 g/mol. The predicted octanol–water partition coefficient (Wildman–Crippen LogP) is 0.634. The van der Waals surface area contributed by atoms with Gasteiger partial charge in [0.2, 0.25) is 5.91 Å². The van der Waals surface area contributed by atoms with Gasteiger partial charge in [0.15, 0.2) is 0 Å². The fourth-order valence-corrected chi connectivity index (χ4v) is 3.13. The van der Waals surface area contributed by atoms with Crippen LogP contribution in [0.4, 0.5) is 0 Å². The number of fused-ring (bicyclic) bond motifs is 1. The average molecular weight is 366 g/mol. The fraction of sp³-hybridized carbons (Fsp3) is 0.286. The third-order valence-corrected chi connectivity index (χ3v) is 4.51. The standard InChI is InChI=1S/C21H23N3O3/c1-23(2)14-16-9-7-15(8-10-16)13-22-19(25)11-12-24-20(26)17-5-3-4-6-18(17)21(24)27/h3-10H,11-14H2,1-2H3,(H,22,25)/p+1. The van der Waals surface area contributed by atoms with Gasteiger partial charge in [-0.3, -0.25) is 19.3 Å². The van der Waals surface area contributed by atoms with Crippen molar-refractivity contribution in [2.75, 3.05) is 20.6 Å². The summed E-state index contributed by atoms with van der Waals surface area (Å²) in [5.74, 6) is -0.850. The van der Waals surface area contributed by atoms with Crippen LogP contribution in [0.5, 0.6) is 0 Å². The Morgan fingerprint density at radius 2 is 1.48 bits per heavy atom. The Hall–Kier alpha value is -2.99.